The van der Waals surface area contributed by atoms with Crippen LogP contribution in [-0.4, -0.2) is 117 Å². The number of aliphatic hydroxyl groups excluding tert-OH is 7. The number of aliphatic hydroxyl groups is 7. The van der Waals surface area contributed by atoms with E-state index in [2.05, 4.69) is 0 Å². The highest BCUT2D eigenvalue weighted by molar-refractivity contribution is 5.75. The van der Waals surface area contributed by atoms with Crippen LogP contribution in [0.5, 0.6) is 0 Å². The number of esters is 1. The summed E-state index contributed by atoms with van der Waals surface area (Å²) in [5, 5.41) is 63.7. The molecule has 0 unspecified atom stereocenters. The van der Waals surface area contributed by atoms with Gasteiger partial charge in [0, 0.05) is 19.6 Å². The normalized spacial score (nSPS) is 17.1. The van der Waals surface area contributed by atoms with Crippen molar-refractivity contribution in [2.24, 2.45) is 0 Å². The molecule has 10 heteroatoms. The summed E-state index contributed by atoms with van der Waals surface area (Å²) in [4.78, 5) is 13.1. The second kappa shape index (κ2) is 11.7. The number of carbonyl (C=O) groups excluding carboxylic acids is 1. The molecule has 0 bridgehead atoms. The van der Waals surface area contributed by atoms with Gasteiger partial charge in [-0.05, 0) is 0 Å². The second-order valence-corrected chi connectivity index (χ2v) is 4.63. The first-order valence-electron chi connectivity index (χ1n) is 6.82. The molecular formula is C12H25NO9. The van der Waals surface area contributed by atoms with Gasteiger partial charge in [0.25, 0.3) is 0 Å². The van der Waals surface area contributed by atoms with Gasteiger partial charge in [-0.25, -0.2) is 4.79 Å². The Morgan fingerprint density at radius 2 is 1.45 bits per heavy atom. The van der Waals surface area contributed by atoms with Gasteiger partial charge in [0.15, 0.2) is 6.10 Å². The highest BCUT2D eigenvalue weighted by atomic mass is 16.5. The Morgan fingerprint density at radius 1 is 0.909 bits per heavy atom. The molecule has 22 heavy (non-hydrogen) atoms. The molecule has 0 aromatic rings. The Morgan fingerprint density at radius 3 is 1.91 bits per heavy atom. The molecule has 7 N–H and O–H groups in total. The minimum atomic E-state index is -2.08. The van der Waals surface area contributed by atoms with Crippen molar-refractivity contribution in [2.45, 2.75) is 24.4 Å². The van der Waals surface area contributed by atoms with Crippen LogP contribution in [-0.2, 0) is 9.53 Å². The number of hydrogen-bond acceptors (Lipinski definition) is 10. The summed E-state index contributed by atoms with van der Waals surface area (Å²) >= 11 is 0. The second-order valence-electron chi connectivity index (χ2n) is 4.63. The van der Waals surface area contributed by atoms with Crippen molar-refractivity contribution in [3.63, 3.8) is 0 Å². The van der Waals surface area contributed by atoms with Crippen LogP contribution in [0.1, 0.15) is 0 Å². The van der Waals surface area contributed by atoms with Crippen molar-refractivity contribution in [3.8, 4) is 0 Å². The van der Waals surface area contributed by atoms with Crippen molar-refractivity contribution in [2.75, 3.05) is 46.1 Å². The van der Waals surface area contributed by atoms with Crippen molar-refractivity contribution >= 4 is 5.97 Å². The highest BCUT2D eigenvalue weighted by Gasteiger charge is 2.35. The molecule has 0 fully saturated rings. The average molecular weight is 327 g/mol. The zero-order valence-corrected chi connectivity index (χ0v) is 12.2. The molecule has 0 saturated heterocycles. The fourth-order valence-electron chi connectivity index (χ4n) is 1.64. The van der Waals surface area contributed by atoms with Crippen LogP contribution in [0.3, 0.4) is 0 Å². The largest absolute Gasteiger partial charge is 0.462 e. The van der Waals surface area contributed by atoms with Crippen molar-refractivity contribution in [3.05, 3.63) is 0 Å². The number of nitrogens with zero attached hydrogens (tertiary/aromatic N) is 1. The summed E-state index contributed by atoms with van der Waals surface area (Å²) in [6, 6.07) is 0. The van der Waals surface area contributed by atoms with Gasteiger partial charge in [0.05, 0.1) is 19.8 Å². The predicted octanol–water partition coefficient (Wildman–Crippen LogP) is -4.75. The first-order chi connectivity index (χ1) is 10.4. The molecule has 0 saturated carbocycles. The summed E-state index contributed by atoms with van der Waals surface area (Å²) in [7, 11) is 0. The monoisotopic (exact) mass is 327 g/mol. The molecule has 0 aliphatic rings. The molecule has 10 nitrogen and oxygen atoms in total. The lowest BCUT2D eigenvalue weighted by molar-refractivity contribution is -0.170. The molecule has 0 radical (unpaired) electrons. The molecule has 0 aromatic carbocycles. The van der Waals surface area contributed by atoms with Gasteiger partial charge >= 0.3 is 5.97 Å². The number of carbonyl (C=O) groups is 1. The standard InChI is InChI=1S/C12H25NO9/c14-4-1-13(2-5-15)3-6-22-12(21)11(20)10(19)9(18)8(17)7-16/h8-11,14-20H,1-7H2/t8-,9-,10+,11-/m1/s1. The Balaban J connectivity index is 4.24. The summed E-state index contributed by atoms with van der Waals surface area (Å²) in [5.41, 5.74) is 0. The van der Waals surface area contributed by atoms with E-state index in [-0.39, 0.29) is 39.5 Å². The Labute approximate surface area is 127 Å². The fourth-order valence-corrected chi connectivity index (χ4v) is 1.64. The Hall–Kier alpha value is -0.850. The van der Waals surface area contributed by atoms with Crippen LogP contribution in [0.2, 0.25) is 0 Å². The van der Waals surface area contributed by atoms with Gasteiger partial charge < -0.3 is 40.5 Å². The molecule has 4 atom stereocenters. The highest BCUT2D eigenvalue weighted by Crippen LogP contribution is 2.06. The van der Waals surface area contributed by atoms with Gasteiger partial charge in [-0.2, -0.15) is 0 Å². The maximum atomic E-state index is 11.5. The average Bonchev–Trinajstić information content (AvgIpc) is 2.52. The summed E-state index contributed by atoms with van der Waals surface area (Å²) in [6.45, 7) is -0.563. The third-order valence-corrected chi connectivity index (χ3v) is 2.98. The predicted molar refractivity (Wildman–Crippen MR) is 72.7 cm³/mol. The minimum absolute atomic E-state index is 0.138. The summed E-state index contributed by atoms with van der Waals surface area (Å²) in [5.74, 6) is -1.20. The lowest BCUT2D eigenvalue weighted by Crippen LogP contribution is -2.49. The van der Waals surface area contributed by atoms with Gasteiger partial charge in [-0.15, -0.1) is 0 Å². The Kier molecular flexibility index (Phi) is 11.2. The third-order valence-electron chi connectivity index (χ3n) is 2.98. The van der Waals surface area contributed by atoms with Crippen LogP contribution in [0, 0.1) is 0 Å². The summed E-state index contributed by atoms with van der Waals surface area (Å²) < 4.78 is 4.70. The minimum Gasteiger partial charge on any atom is -0.462 e. The van der Waals surface area contributed by atoms with E-state index in [1.807, 2.05) is 0 Å². The molecule has 0 amide bonds. The molecule has 0 aromatic heterocycles. The summed E-state index contributed by atoms with van der Waals surface area (Å²) in [6.07, 6.45) is -7.71. The van der Waals surface area contributed by atoms with Gasteiger partial charge in [0.2, 0.25) is 0 Å². The molecule has 0 aliphatic heterocycles. The SMILES string of the molecule is O=C(OCCN(CCO)CCO)[C@H](O)[C@@H](O)[C@H](O)[C@H](O)CO. The molecule has 0 rings (SSSR count). The van der Waals surface area contributed by atoms with E-state index in [1.165, 1.54) is 0 Å². The number of hydrogen-bond donors (Lipinski definition) is 7. The lowest BCUT2D eigenvalue weighted by atomic mass is 10.0. The van der Waals surface area contributed by atoms with E-state index in [4.69, 9.17) is 25.2 Å². The number of rotatable bonds is 12. The van der Waals surface area contributed by atoms with Gasteiger partial charge in [-0.1, -0.05) is 0 Å². The number of ether oxygens (including phenoxy) is 1. The zero-order chi connectivity index (χ0) is 17.1. The quantitative estimate of drug-likeness (QED) is 0.173. The van der Waals surface area contributed by atoms with E-state index in [1.54, 1.807) is 4.90 Å². The maximum Gasteiger partial charge on any atom is 0.337 e. The Bertz CT molecular complexity index is 298. The molecule has 0 aliphatic carbocycles. The van der Waals surface area contributed by atoms with Crippen molar-refractivity contribution < 1.29 is 45.3 Å². The molecule has 0 spiro atoms. The first-order valence-corrected chi connectivity index (χ1v) is 6.82. The van der Waals surface area contributed by atoms with E-state index < -0.39 is 37.0 Å². The van der Waals surface area contributed by atoms with Gasteiger partial charge in [0.1, 0.15) is 24.9 Å². The van der Waals surface area contributed by atoms with E-state index in [9.17, 15) is 20.1 Å². The van der Waals surface area contributed by atoms with Crippen molar-refractivity contribution in [1.82, 2.24) is 4.90 Å². The fraction of sp³-hybridized carbons (Fsp3) is 0.917. The molecule has 0 heterocycles. The van der Waals surface area contributed by atoms with E-state index in [0.29, 0.717) is 0 Å². The van der Waals surface area contributed by atoms with Crippen LogP contribution in [0.15, 0.2) is 0 Å². The van der Waals surface area contributed by atoms with Crippen LogP contribution in [0.4, 0.5) is 0 Å². The van der Waals surface area contributed by atoms with E-state index >= 15 is 0 Å². The maximum absolute atomic E-state index is 11.5. The van der Waals surface area contributed by atoms with Crippen molar-refractivity contribution in [1.29, 1.82) is 0 Å². The molecule has 132 valence electrons. The first kappa shape index (κ1) is 21.1. The van der Waals surface area contributed by atoms with Crippen LogP contribution in [0.25, 0.3) is 0 Å². The van der Waals surface area contributed by atoms with Gasteiger partial charge in [-0.3, -0.25) is 4.90 Å². The van der Waals surface area contributed by atoms with E-state index in [0.717, 1.165) is 0 Å². The molecular weight excluding hydrogens is 302 g/mol. The lowest BCUT2D eigenvalue weighted by Gasteiger charge is -2.25. The van der Waals surface area contributed by atoms with Crippen LogP contribution < -0.4 is 0 Å². The third kappa shape index (κ3) is 7.42. The zero-order valence-electron chi connectivity index (χ0n) is 12.2. The van der Waals surface area contributed by atoms with Crippen LogP contribution >= 0.6 is 0 Å². The smallest absolute Gasteiger partial charge is 0.337 e. The topological polar surface area (TPSA) is 171 Å².